The van der Waals surface area contributed by atoms with Crippen LogP contribution in [-0.2, 0) is 0 Å². The first-order valence-electron chi connectivity index (χ1n) is 5.41. The molecule has 0 heterocycles. The standard InChI is InChI=1S/C13H19NO2/c1-4-5-6-10(2)14-11-7-8-13(16-3)12(15)9-11/h4,7-10,14-15H,1,5-6H2,2-3H3. The van der Waals surface area contributed by atoms with Crippen LogP contribution in [0.4, 0.5) is 5.69 Å². The molecule has 1 atom stereocenters. The van der Waals surface area contributed by atoms with Crippen molar-refractivity contribution in [2.75, 3.05) is 12.4 Å². The molecule has 0 saturated heterocycles. The molecule has 88 valence electrons. The molecule has 1 rings (SSSR count). The average Bonchev–Trinajstić information content (AvgIpc) is 2.26. The van der Waals surface area contributed by atoms with Gasteiger partial charge in [-0.05, 0) is 31.9 Å². The van der Waals surface area contributed by atoms with Crippen molar-refractivity contribution in [3.8, 4) is 11.5 Å². The zero-order chi connectivity index (χ0) is 12.0. The van der Waals surface area contributed by atoms with Gasteiger partial charge in [-0.25, -0.2) is 0 Å². The van der Waals surface area contributed by atoms with Gasteiger partial charge in [-0.2, -0.15) is 0 Å². The molecule has 0 radical (unpaired) electrons. The molecule has 0 aliphatic carbocycles. The minimum absolute atomic E-state index is 0.156. The van der Waals surface area contributed by atoms with Crippen LogP contribution in [0.15, 0.2) is 30.9 Å². The molecule has 0 fully saturated rings. The van der Waals surface area contributed by atoms with Crippen molar-refractivity contribution < 1.29 is 9.84 Å². The summed E-state index contributed by atoms with van der Waals surface area (Å²) in [6.45, 7) is 5.79. The highest BCUT2D eigenvalue weighted by Gasteiger charge is 2.04. The van der Waals surface area contributed by atoms with Gasteiger partial charge in [0.1, 0.15) is 0 Å². The zero-order valence-electron chi connectivity index (χ0n) is 9.86. The maximum Gasteiger partial charge on any atom is 0.160 e. The fraction of sp³-hybridized carbons (Fsp3) is 0.385. The summed E-state index contributed by atoms with van der Waals surface area (Å²) in [6, 6.07) is 5.66. The first-order valence-corrected chi connectivity index (χ1v) is 5.41. The van der Waals surface area contributed by atoms with Crippen LogP contribution in [0, 0.1) is 0 Å². The molecule has 3 nitrogen and oxygen atoms in total. The molecule has 1 unspecified atom stereocenters. The van der Waals surface area contributed by atoms with Gasteiger partial charge < -0.3 is 15.2 Å². The lowest BCUT2D eigenvalue weighted by atomic mass is 10.1. The highest BCUT2D eigenvalue weighted by molar-refractivity contribution is 5.54. The third kappa shape index (κ3) is 3.50. The third-order valence-corrected chi connectivity index (χ3v) is 2.40. The van der Waals surface area contributed by atoms with Crippen molar-refractivity contribution in [3.05, 3.63) is 30.9 Å². The lowest BCUT2D eigenvalue weighted by Crippen LogP contribution is -2.14. The summed E-state index contributed by atoms with van der Waals surface area (Å²) in [5.41, 5.74) is 0.898. The molecule has 1 aromatic carbocycles. The molecule has 0 aromatic heterocycles. The fourth-order valence-corrected chi connectivity index (χ4v) is 1.50. The second-order valence-electron chi connectivity index (χ2n) is 3.80. The lowest BCUT2D eigenvalue weighted by Gasteiger charge is -2.15. The van der Waals surface area contributed by atoms with Gasteiger partial charge in [0, 0.05) is 17.8 Å². The van der Waals surface area contributed by atoms with Gasteiger partial charge in [-0.15, -0.1) is 6.58 Å². The van der Waals surface area contributed by atoms with E-state index in [0.717, 1.165) is 18.5 Å². The Morgan fingerprint density at radius 2 is 2.31 bits per heavy atom. The number of aromatic hydroxyl groups is 1. The largest absolute Gasteiger partial charge is 0.504 e. The molecular formula is C13H19NO2. The van der Waals surface area contributed by atoms with Gasteiger partial charge in [-0.1, -0.05) is 6.08 Å². The van der Waals surface area contributed by atoms with Gasteiger partial charge in [-0.3, -0.25) is 0 Å². The monoisotopic (exact) mass is 221 g/mol. The Balaban J connectivity index is 2.60. The minimum atomic E-state index is 0.156. The predicted molar refractivity (Wildman–Crippen MR) is 67.2 cm³/mol. The van der Waals surface area contributed by atoms with E-state index < -0.39 is 0 Å². The predicted octanol–water partition coefficient (Wildman–Crippen LogP) is 3.17. The summed E-state index contributed by atoms with van der Waals surface area (Å²) in [4.78, 5) is 0. The van der Waals surface area contributed by atoms with Gasteiger partial charge in [0.15, 0.2) is 11.5 Å². The Morgan fingerprint density at radius 1 is 1.56 bits per heavy atom. The second-order valence-corrected chi connectivity index (χ2v) is 3.80. The maximum absolute atomic E-state index is 9.60. The number of hydrogen-bond acceptors (Lipinski definition) is 3. The number of phenolic OH excluding ortho intramolecular Hbond substituents is 1. The van der Waals surface area contributed by atoms with E-state index in [1.807, 2.05) is 12.1 Å². The highest BCUT2D eigenvalue weighted by Crippen LogP contribution is 2.28. The summed E-state index contributed by atoms with van der Waals surface area (Å²) >= 11 is 0. The van der Waals surface area contributed by atoms with Crippen LogP contribution in [0.1, 0.15) is 19.8 Å². The molecule has 0 amide bonds. The Bertz CT molecular complexity index is 350. The van der Waals surface area contributed by atoms with Crippen LogP contribution in [0.3, 0.4) is 0 Å². The van der Waals surface area contributed by atoms with E-state index in [4.69, 9.17) is 4.74 Å². The van der Waals surface area contributed by atoms with E-state index in [9.17, 15) is 5.11 Å². The average molecular weight is 221 g/mol. The number of anilines is 1. The number of nitrogens with one attached hydrogen (secondary N) is 1. The molecular weight excluding hydrogens is 202 g/mol. The number of methoxy groups -OCH3 is 1. The van der Waals surface area contributed by atoms with Crippen molar-refractivity contribution in [1.82, 2.24) is 0 Å². The van der Waals surface area contributed by atoms with Crippen LogP contribution >= 0.6 is 0 Å². The van der Waals surface area contributed by atoms with E-state index in [-0.39, 0.29) is 5.75 Å². The first-order chi connectivity index (χ1) is 7.67. The summed E-state index contributed by atoms with van der Waals surface area (Å²) in [7, 11) is 1.54. The van der Waals surface area contributed by atoms with Crippen LogP contribution < -0.4 is 10.1 Å². The molecule has 1 aromatic rings. The molecule has 2 N–H and O–H groups in total. The molecule has 0 aliphatic heterocycles. The van der Waals surface area contributed by atoms with Gasteiger partial charge >= 0.3 is 0 Å². The van der Waals surface area contributed by atoms with Crippen LogP contribution in [0.5, 0.6) is 11.5 Å². The first kappa shape index (κ1) is 12.4. The number of rotatable bonds is 6. The summed E-state index contributed by atoms with van der Waals surface area (Å²) < 4.78 is 4.98. The van der Waals surface area contributed by atoms with Crippen molar-refractivity contribution in [2.24, 2.45) is 0 Å². The normalized spacial score (nSPS) is 11.9. The molecule has 0 spiro atoms. The van der Waals surface area contributed by atoms with Crippen LogP contribution in [-0.4, -0.2) is 18.3 Å². The maximum atomic E-state index is 9.60. The van der Waals surface area contributed by atoms with E-state index in [0.29, 0.717) is 11.8 Å². The minimum Gasteiger partial charge on any atom is -0.504 e. The molecule has 16 heavy (non-hydrogen) atoms. The quantitative estimate of drug-likeness (QED) is 0.725. The third-order valence-electron chi connectivity index (χ3n) is 2.40. The van der Waals surface area contributed by atoms with E-state index in [2.05, 4.69) is 18.8 Å². The molecule has 3 heteroatoms. The Kier molecular flexibility index (Phi) is 4.70. The number of hydrogen-bond donors (Lipinski definition) is 2. The Hall–Kier alpha value is -1.64. The van der Waals surface area contributed by atoms with Crippen molar-refractivity contribution in [3.63, 3.8) is 0 Å². The van der Waals surface area contributed by atoms with Gasteiger partial charge in [0.25, 0.3) is 0 Å². The number of allylic oxidation sites excluding steroid dienone is 1. The van der Waals surface area contributed by atoms with Crippen molar-refractivity contribution in [2.45, 2.75) is 25.8 Å². The van der Waals surface area contributed by atoms with E-state index in [1.165, 1.54) is 7.11 Å². The lowest BCUT2D eigenvalue weighted by molar-refractivity contribution is 0.373. The fourth-order valence-electron chi connectivity index (χ4n) is 1.50. The number of benzene rings is 1. The van der Waals surface area contributed by atoms with Crippen LogP contribution in [0.25, 0.3) is 0 Å². The second kappa shape index (κ2) is 6.05. The topological polar surface area (TPSA) is 41.5 Å². The Morgan fingerprint density at radius 3 is 2.88 bits per heavy atom. The summed E-state index contributed by atoms with van der Waals surface area (Å²) in [6.07, 6.45) is 3.91. The van der Waals surface area contributed by atoms with Crippen LogP contribution in [0.2, 0.25) is 0 Å². The van der Waals surface area contributed by atoms with Gasteiger partial charge in [0.05, 0.1) is 7.11 Å². The molecule has 0 aliphatic rings. The van der Waals surface area contributed by atoms with Gasteiger partial charge in [0.2, 0.25) is 0 Å². The van der Waals surface area contributed by atoms with Crippen molar-refractivity contribution >= 4 is 5.69 Å². The number of phenols is 1. The molecule has 0 bridgehead atoms. The zero-order valence-corrected chi connectivity index (χ0v) is 9.86. The SMILES string of the molecule is C=CCCC(C)Nc1ccc(OC)c(O)c1. The van der Waals surface area contributed by atoms with E-state index in [1.54, 1.807) is 12.1 Å². The highest BCUT2D eigenvalue weighted by atomic mass is 16.5. The van der Waals surface area contributed by atoms with E-state index >= 15 is 0 Å². The Labute approximate surface area is 96.8 Å². The summed E-state index contributed by atoms with van der Waals surface area (Å²) in [5.74, 6) is 0.646. The summed E-state index contributed by atoms with van der Waals surface area (Å²) in [5, 5.41) is 12.9. The van der Waals surface area contributed by atoms with Crippen molar-refractivity contribution in [1.29, 1.82) is 0 Å². The molecule has 0 saturated carbocycles. The smallest absolute Gasteiger partial charge is 0.160 e. The number of ether oxygens (including phenoxy) is 1.